The summed E-state index contributed by atoms with van der Waals surface area (Å²) in [6.07, 6.45) is -3.05. The number of anilines is 2. The zero-order valence-electron chi connectivity index (χ0n) is 16.0. The summed E-state index contributed by atoms with van der Waals surface area (Å²) >= 11 is 0. The number of rotatable bonds is 4. The molecule has 0 saturated carbocycles. The number of fused-ring (bicyclic) bond motifs is 1. The number of phenols is 1. The summed E-state index contributed by atoms with van der Waals surface area (Å²) in [5.41, 5.74) is 3.88. The summed E-state index contributed by atoms with van der Waals surface area (Å²) in [5.74, 6) is 0.00911. The van der Waals surface area contributed by atoms with Crippen LogP contribution in [0.25, 0.3) is 16.8 Å². The molecule has 0 unspecified atom stereocenters. The number of nitrogens with zero attached hydrogens (tertiary/aromatic N) is 3. The summed E-state index contributed by atoms with van der Waals surface area (Å²) < 4.78 is 43.4. The van der Waals surface area contributed by atoms with Gasteiger partial charge in [-0.3, -0.25) is 0 Å². The lowest BCUT2D eigenvalue weighted by molar-refractivity contribution is -0.274. The van der Waals surface area contributed by atoms with Crippen LogP contribution in [0.5, 0.6) is 11.5 Å². The molecule has 6 nitrogen and oxygen atoms in total. The molecule has 0 bridgehead atoms. The van der Waals surface area contributed by atoms with Gasteiger partial charge in [0.2, 0.25) is 5.95 Å². The average Bonchev–Trinajstić information content (AvgIpc) is 3.07. The molecule has 2 heterocycles. The zero-order valence-corrected chi connectivity index (χ0v) is 16.0. The van der Waals surface area contributed by atoms with Crippen LogP contribution >= 0.6 is 0 Å². The Balaban J connectivity index is 1.66. The minimum atomic E-state index is -4.81. The van der Waals surface area contributed by atoms with Gasteiger partial charge in [-0.1, -0.05) is 12.1 Å². The van der Waals surface area contributed by atoms with E-state index in [1.54, 1.807) is 18.3 Å². The molecular formula is C21H17F3N4O2. The standard InChI is InChI=1S/C21H17F3N4O2/c1-12-9-15(10-13(2)19(12)29)14-7-8-18-26-20(27-28(18)11-14)25-16-5-3-4-6-17(16)30-21(22,23)24/h3-11,29H,1-2H3,(H,25,27). The number of phenolic OH excluding ortho intramolecular Hbond substituents is 1. The lowest BCUT2D eigenvalue weighted by atomic mass is 10.0. The summed E-state index contributed by atoms with van der Waals surface area (Å²) in [6.45, 7) is 3.64. The number of aromatic hydroxyl groups is 1. The van der Waals surface area contributed by atoms with Gasteiger partial charge in [0.05, 0.1) is 5.69 Å². The molecule has 4 rings (SSSR count). The topological polar surface area (TPSA) is 71.7 Å². The molecule has 0 atom stereocenters. The maximum Gasteiger partial charge on any atom is 0.573 e. The van der Waals surface area contributed by atoms with Crippen molar-refractivity contribution in [3.05, 3.63) is 65.9 Å². The smallest absolute Gasteiger partial charge is 0.507 e. The fraction of sp³-hybridized carbons (Fsp3) is 0.143. The normalized spacial score (nSPS) is 11.6. The Kier molecular flexibility index (Phi) is 4.73. The number of para-hydroxylation sites is 2. The Morgan fingerprint density at radius 3 is 2.40 bits per heavy atom. The number of aromatic nitrogens is 3. The minimum absolute atomic E-state index is 0.0933. The number of hydrogen-bond donors (Lipinski definition) is 2. The number of alkyl halides is 3. The third-order valence-electron chi connectivity index (χ3n) is 4.51. The molecule has 9 heteroatoms. The molecule has 0 fully saturated rings. The van der Waals surface area contributed by atoms with Crippen molar-refractivity contribution < 1.29 is 23.0 Å². The van der Waals surface area contributed by atoms with Crippen LogP contribution in [0, 0.1) is 13.8 Å². The van der Waals surface area contributed by atoms with Crippen molar-refractivity contribution in [3.63, 3.8) is 0 Å². The van der Waals surface area contributed by atoms with Crippen LogP contribution in [-0.2, 0) is 0 Å². The summed E-state index contributed by atoms with van der Waals surface area (Å²) in [5, 5.41) is 17.0. The van der Waals surface area contributed by atoms with Gasteiger partial charge in [0.15, 0.2) is 11.4 Å². The van der Waals surface area contributed by atoms with Gasteiger partial charge >= 0.3 is 6.36 Å². The van der Waals surface area contributed by atoms with E-state index in [-0.39, 0.29) is 23.1 Å². The van der Waals surface area contributed by atoms with Gasteiger partial charge in [-0.2, -0.15) is 4.98 Å². The van der Waals surface area contributed by atoms with Gasteiger partial charge in [0.25, 0.3) is 0 Å². The molecule has 2 aromatic carbocycles. The van der Waals surface area contributed by atoms with Gasteiger partial charge in [-0.25, -0.2) is 4.52 Å². The van der Waals surface area contributed by atoms with Crippen LogP contribution in [0.1, 0.15) is 11.1 Å². The van der Waals surface area contributed by atoms with E-state index in [4.69, 9.17) is 0 Å². The van der Waals surface area contributed by atoms with Crippen molar-refractivity contribution in [3.8, 4) is 22.6 Å². The number of ether oxygens (including phenoxy) is 1. The first kappa shape index (κ1) is 19.6. The molecular weight excluding hydrogens is 397 g/mol. The van der Waals surface area contributed by atoms with E-state index in [0.717, 1.165) is 22.3 Å². The highest BCUT2D eigenvalue weighted by Gasteiger charge is 2.32. The molecule has 0 spiro atoms. The molecule has 2 aromatic heterocycles. The molecule has 30 heavy (non-hydrogen) atoms. The Morgan fingerprint density at radius 2 is 1.70 bits per heavy atom. The molecule has 4 aromatic rings. The molecule has 0 aliphatic heterocycles. The highest BCUT2D eigenvalue weighted by molar-refractivity contribution is 5.69. The van der Waals surface area contributed by atoms with Crippen molar-refractivity contribution in [1.29, 1.82) is 0 Å². The Hall–Kier alpha value is -3.75. The zero-order chi connectivity index (χ0) is 21.5. The Bertz CT molecular complexity index is 1210. The molecule has 0 amide bonds. The first-order valence-corrected chi connectivity index (χ1v) is 8.98. The van der Waals surface area contributed by atoms with Crippen LogP contribution in [0.4, 0.5) is 24.8 Å². The number of benzene rings is 2. The van der Waals surface area contributed by atoms with E-state index in [0.29, 0.717) is 5.65 Å². The lowest BCUT2D eigenvalue weighted by Crippen LogP contribution is -2.17. The summed E-state index contributed by atoms with van der Waals surface area (Å²) in [7, 11) is 0. The van der Waals surface area contributed by atoms with Gasteiger partial charge in [-0.15, -0.1) is 18.3 Å². The number of pyridine rings is 1. The lowest BCUT2D eigenvalue weighted by Gasteiger charge is -2.12. The summed E-state index contributed by atoms with van der Waals surface area (Å²) in [4.78, 5) is 4.29. The second kappa shape index (κ2) is 7.25. The van der Waals surface area contributed by atoms with Crippen molar-refractivity contribution in [1.82, 2.24) is 14.6 Å². The van der Waals surface area contributed by atoms with E-state index < -0.39 is 6.36 Å². The second-order valence-electron chi connectivity index (χ2n) is 6.78. The van der Waals surface area contributed by atoms with Gasteiger partial charge in [-0.05, 0) is 66.9 Å². The highest BCUT2D eigenvalue weighted by atomic mass is 19.4. The Labute approximate surface area is 169 Å². The summed E-state index contributed by atoms with van der Waals surface area (Å²) in [6, 6.07) is 13.0. The maximum atomic E-state index is 12.6. The first-order chi connectivity index (χ1) is 14.2. The van der Waals surface area contributed by atoms with Gasteiger partial charge in [0, 0.05) is 11.8 Å². The van der Waals surface area contributed by atoms with Crippen LogP contribution in [0.3, 0.4) is 0 Å². The van der Waals surface area contributed by atoms with E-state index in [2.05, 4.69) is 20.1 Å². The highest BCUT2D eigenvalue weighted by Crippen LogP contribution is 2.32. The van der Waals surface area contributed by atoms with Crippen LogP contribution in [0.15, 0.2) is 54.7 Å². The van der Waals surface area contributed by atoms with Crippen molar-refractivity contribution >= 4 is 17.3 Å². The second-order valence-corrected chi connectivity index (χ2v) is 6.78. The number of nitrogens with one attached hydrogen (secondary N) is 1. The molecule has 2 N–H and O–H groups in total. The van der Waals surface area contributed by atoms with E-state index in [9.17, 15) is 18.3 Å². The van der Waals surface area contributed by atoms with Crippen molar-refractivity contribution in [2.45, 2.75) is 20.2 Å². The third-order valence-corrected chi connectivity index (χ3v) is 4.51. The minimum Gasteiger partial charge on any atom is -0.507 e. The van der Waals surface area contributed by atoms with Crippen molar-refractivity contribution in [2.75, 3.05) is 5.32 Å². The van der Waals surface area contributed by atoms with E-state index in [1.165, 1.54) is 22.7 Å². The SMILES string of the molecule is Cc1cc(-c2ccc3nc(Nc4ccccc4OC(F)(F)F)nn3c2)cc(C)c1O. The predicted octanol–water partition coefficient (Wildman–Crippen LogP) is 5.36. The quantitative estimate of drug-likeness (QED) is 0.470. The number of aryl methyl sites for hydroxylation is 2. The predicted molar refractivity (Wildman–Crippen MR) is 106 cm³/mol. The molecule has 0 aliphatic rings. The molecule has 0 saturated heterocycles. The Morgan fingerprint density at radius 1 is 1.00 bits per heavy atom. The van der Waals surface area contributed by atoms with Crippen molar-refractivity contribution in [2.24, 2.45) is 0 Å². The largest absolute Gasteiger partial charge is 0.573 e. The van der Waals surface area contributed by atoms with Crippen LogP contribution in [-0.4, -0.2) is 26.1 Å². The van der Waals surface area contributed by atoms with Crippen LogP contribution in [0.2, 0.25) is 0 Å². The van der Waals surface area contributed by atoms with Gasteiger partial charge < -0.3 is 15.2 Å². The van der Waals surface area contributed by atoms with E-state index in [1.807, 2.05) is 32.0 Å². The average molecular weight is 414 g/mol. The molecule has 0 radical (unpaired) electrons. The maximum absolute atomic E-state index is 12.6. The molecule has 154 valence electrons. The fourth-order valence-electron chi connectivity index (χ4n) is 3.13. The van der Waals surface area contributed by atoms with Crippen LogP contribution < -0.4 is 10.1 Å². The molecule has 0 aliphatic carbocycles. The fourth-order valence-corrected chi connectivity index (χ4v) is 3.13. The van der Waals surface area contributed by atoms with E-state index >= 15 is 0 Å². The monoisotopic (exact) mass is 414 g/mol. The number of halogens is 3. The number of hydrogen-bond acceptors (Lipinski definition) is 5. The third kappa shape index (κ3) is 4.00. The van der Waals surface area contributed by atoms with Gasteiger partial charge in [0.1, 0.15) is 5.75 Å². The first-order valence-electron chi connectivity index (χ1n) is 8.98.